The van der Waals surface area contributed by atoms with Crippen molar-refractivity contribution in [3.8, 4) is 11.3 Å². The van der Waals surface area contributed by atoms with Crippen molar-refractivity contribution in [1.29, 1.82) is 0 Å². The second kappa shape index (κ2) is 7.73. The van der Waals surface area contributed by atoms with Crippen LogP contribution in [0.4, 0.5) is 5.69 Å². The third-order valence-electron chi connectivity index (χ3n) is 4.13. The van der Waals surface area contributed by atoms with Crippen LogP contribution >= 0.6 is 0 Å². The molecule has 0 aliphatic rings. The van der Waals surface area contributed by atoms with Crippen LogP contribution in [0.5, 0.6) is 0 Å². The van der Waals surface area contributed by atoms with Crippen LogP contribution in [0.1, 0.15) is 21.5 Å². The van der Waals surface area contributed by atoms with Crippen molar-refractivity contribution in [2.45, 2.75) is 13.3 Å². The van der Waals surface area contributed by atoms with Crippen molar-refractivity contribution in [3.63, 3.8) is 0 Å². The lowest BCUT2D eigenvalue weighted by molar-refractivity contribution is 0.102. The van der Waals surface area contributed by atoms with Crippen LogP contribution < -0.4 is 5.32 Å². The number of aromatic nitrogens is 1. The maximum Gasteiger partial charge on any atom is 0.255 e. The van der Waals surface area contributed by atoms with Gasteiger partial charge in [0.15, 0.2) is 0 Å². The van der Waals surface area contributed by atoms with Crippen LogP contribution in [0.3, 0.4) is 0 Å². The van der Waals surface area contributed by atoms with Gasteiger partial charge in [-0.3, -0.25) is 9.78 Å². The summed E-state index contributed by atoms with van der Waals surface area (Å²) in [5.41, 5.74) is 5.09. The van der Waals surface area contributed by atoms with Gasteiger partial charge in [0.1, 0.15) is 0 Å². The highest BCUT2D eigenvalue weighted by atomic mass is 16.2. The van der Waals surface area contributed by atoms with Crippen molar-refractivity contribution >= 4 is 11.6 Å². The Balaban J connectivity index is 1.83. The first-order chi connectivity index (χ1) is 12.2. The Kier molecular flexibility index (Phi) is 5.21. The summed E-state index contributed by atoms with van der Waals surface area (Å²) in [6.45, 7) is 2.05. The predicted molar refractivity (Wildman–Crippen MR) is 99.6 cm³/mol. The van der Waals surface area contributed by atoms with E-state index in [2.05, 4.69) is 10.3 Å². The summed E-state index contributed by atoms with van der Waals surface area (Å²) in [6.07, 6.45) is 2.36. The van der Waals surface area contributed by atoms with Crippen molar-refractivity contribution in [2.24, 2.45) is 0 Å². The molecule has 0 fully saturated rings. The predicted octanol–water partition coefficient (Wildman–Crippen LogP) is 3.84. The van der Waals surface area contributed by atoms with Gasteiger partial charge >= 0.3 is 0 Å². The van der Waals surface area contributed by atoms with Gasteiger partial charge in [-0.2, -0.15) is 0 Å². The molecule has 4 nitrogen and oxygen atoms in total. The SMILES string of the molecule is Cc1c(C(=O)Nc2ccc(CCO)cc2)cccc1-c1ccccn1. The van der Waals surface area contributed by atoms with Crippen molar-refractivity contribution < 1.29 is 9.90 Å². The number of aliphatic hydroxyl groups is 1. The third kappa shape index (κ3) is 3.92. The number of aliphatic hydroxyl groups excluding tert-OH is 1. The Morgan fingerprint density at radius 1 is 1.04 bits per heavy atom. The average molecular weight is 332 g/mol. The van der Waals surface area contributed by atoms with Crippen LogP contribution in [0.2, 0.25) is 0 Å². The van der Waals surface area contributed by atoms with E-state index in [9.17, 15) is 4.79 Å². The minimum Gasteiger partial charge on any atom is -0.396 e. The van der Waals surface area contributed by atoms with Crippen LogP contribution in [-0.4, -0.2) is 22.6 Å². The summed E-state index contributed by atoms with van der Waals surface area (Å²) in [5, 5.41) is 11.9. The Hall–Kier alpha value is -2.98. The molecule has 4 heteroatoms. The quantitative estimate of drug-likeness (QED) is 0.746. The van der Waals surface area contributed by atoms with Gasteiger partial charge in [-0.15, -0.1) is 0 Å². The number of carbonyl (C=O) groups excluding carboxylic acids is 1. The highest BCUT2D eigenvalue weighted by molar-refractivity contribution is 6.06. The van der Waals surface area contributed by atoms with Crippen molar-refractivity contribution in [1.82, 2.24) is 4.98 Å². The molecule has 25 heavy (non-hydrogen) atoms. The largest absolute Gasteiger partial charge is 0.396 e. The molecule has 2 aromatic carbocycles. The summed E-state index contributed by atoms with van der Waals surface area (Å²) in [5.74, 6) is -0.148. The molecule has 1 aromatic heterocycles. The Morgan fingerprint density at radius 3 is 2.52 bits per heavy atom. The molecule has 0 aliphatic heterocycles. The van der Waals surface area contributed by atoms with E-state index in [-0.39, 0.29) is 12.5 Å². The maximum absolute atomic E-state index is 12.7. The molecule has 126 valence electrons. The second-order valence-electron chi connectivity index (χ2n) is 5.82. The lowest BCUT2D eigenvalue weighted by atomic mass is 9.99. The van der Waals surface area contributed by atoms with Gasteiger partial charge in [0, 0.05) is 29.6 Å². The van der Waals surface area contributed by atoms with Gasteiger partial charge in [0.05, 0.1) is 5.69 Å². The standard InChI is InChI=1S/C21H20N2O2/c1-15-18(20-7-2-3-13-22-20)5-4-6-19(15)21(25)23-17-10-8-16(9-11-17)12-14-24/h2-11,13,24H,12,14H2,1H3,(H,23,25). The highest BCUT2D eigenvalue weighted by Gasteiger charge is 2.13. The summed E-state index contributed by atoms with van der Waals surface area (Å²) in [7, 11) is 0. The fraction of sp³-hybridized carbons (Fsp3) is 0.143. The van der Waals surface area contributed by atoms with E-state index in [1.165, 1.54) is 0 Å². The molecule has 1 amide bonds. The number of hydrogen-bond acceptors (Lipinski definition) is 3. The van der Waals surface area contributed by atoms with Crippen molar-refractivity contribution in [2.75, 3.05) is 11.9 Å². The molecule has 1 heterocycles. The normalized spacial score (nSPS) is 10.5. The first kappa shape index (κ1) is 16.9. The number of pyridine rings is 1. The van der Waals surface area contributed by atoms with E-state index in [1.807, 2.05) is 67.6 Å². The number of nitrogens with one attached hydrogen (secondary N) is 1. The lowest BCUT2D eigenvalue weighted by Crippen LogP contribution is -2.13. The van der Waals surface area contributed by atoms with Crippen LogP contribution in [0, 0.1) is 6.92 Å². The van der Waals surface area contributed by atoms with Crippen LogP contribution in [0.15, 0.2) is 66.9 Å². The third-order valence-corrected chi connectivity index (χ3v) is 4.13. The van der Waals surface area contributed by atoms with E-state index >= 15 is 0 Å². The molecule has 0 unspecified atom stereocenters. The summed E-state index contributed by atoms with van der Waals surface area (Å²) in [4.78, 5) is 17.0. The Bertz CT molecular complexity index is 859. The molecule has 0 bridgehead atoms. The molecule has 3 rings (SSSR count). The van der Waals surface area contributed by atoms with Gasteiger partial charge in [-0.25, -0.2) is 0 Å². The highest BCUT2D eigenvalue weighted by Crippen LogP contribution is 2.24. The van der Waals surface area contributed by atoms with E-state index < -0.39 is 0 Å². The van der Waals surface area contributed by atoms with E-state index in [4.69, 9.17) is 5.11 Å². The molecule has 0 spiro atoms. The number of hydrogen-bond donors (Lipinski definition) is 2. The zero-order chi connectivity index (χ0) is 17.6. The molecule has 2 N–H and O–H groups in total. The molecule has 0 aliphatic carbocycles. The van der Waals surface area contributed by atoms with E-state index in [0.717, 1.165) is 28.1 Å². The van der Waals surface area contributed by atoms with Gasteiger partial charge in [0.25, 0.3) is 5.91 Å². The Labute approximate surface area is 147 Å². The fourth-order valence-corrected chi connectivity index (χ4v) is 2.76. The van der Waals surface area contributed by atoms with Gasteiger partial charge in [0.2, 0.25) is 0 Å². The van der Waals surface area contributed by atoms with E-state index in [1.54, 1.807) is 6.20 Å². The first-order valence-electron chi connectivity index (χ1n) is 8.21. The number of carbonyl (C=O) groups is 1. The number of benzene rings is 2. The topological polar surface area (TPSA) is 62.2 Å². The summed E-state index contributed by atoms with van der Waals surface area (Å²) >= 11 is 0. The van der Waals surface area contributed by atoms with Gasteiger partial charge in [-0.1, -0.05) is 30.3 Å². The minimum atomic E-state index is -0.148. The second-order valence-corrected chi connectivity index (χ2v) is 5.82. The molecule has 0 radical (unpaired) electrons. The number of anilines is 1. The smallest absolute Gasteiger partial charge is 0.255 e. The molecular weight excluding hydrogens is 312 g/mol. The molecular formula is C21H20N2O2. The number of nitrogens with zero attached hydrogens (tertiary/aromatic N) is 1. The van der Waals surface area contributed by atoms with E-state index in [0.29, 0.717) is 12.0 Å². The van der Waals surface area contributed by atoms with Gasteiger partial charge < -0.3 is 10.4 Å². The fourth-order valence-electron chi connectivity index (χ4n) is 2.76. The maximum atomic E-state index is 12.7. The lowest BCUT2D eigenvalue weighted by Gasteiger charge is -2.12. The molecule has 0 saturated heterocycles. The van der Waals surface area contributed by atoms with Gasteiger partial charge in [-0.05, 0) is 54.8 Å². The zero-order valence-corrected chi connectivity index (χ0v) is 14.1. The van der Waals surface area contributed by atoms with Crippen molar-refractivity contribution in [3.05, 3.63) is 83.6 Å². The Morgan fingerprint density at radius 2 is 1.84 bits per heavy atom. The number of rotatable bonds is 5. The first-order valence-corrected chi connectivity index (χ1v) is 8.21. The molecule has 0 atom stereocenters. The molecule has 0 saturated carbocycles. The summed E-state index contributed by atoms with van der Waals surface area (Å²) in [6, 6.07) is 18.9. The monoisotopic (exact) mass is 332 g/mol. The molecule has 3 aromatic rings. The van der Waals surface area contributed by atoms with Crippen LogP contribution in [0.25, 0.3) is 11.3 Å². The number of amides is 1. The van der Waals surface area contributed by atoms with Crippen LogP contribution in [-0.2, 0) is 6.42 Å². The minimum absolute atomic E-state index is 0.116. The average Bonchev–Trinajstić information content (AvgIpc) is 2.64. The summed E-state index contributed by atoms with van der Waals surface area (Å²) < 4.78 is 0. The zero-order valence-electron chi connectivity index (χ0n) is 14.1.